The molecule has 2 aromatic rings. The van der Waals surface area contributed by atoms with Crippen molar-refractivity contribution in [2.75, 3.05) is 0 Å². The van der Waals surface area contributed by atoms with E-state index in [1.165, 1.54) is 0 Å². The molecule has 4 nitrogen and oxygen atoms in total. The van der Waals surface area contributed by atoms with E-state index in [-0.39, 0.29) is 0 Å². The smallest absolute Gasteiger partial charge is 0.193 e. The summed E-state index contributed by atoms with van der Waals surface area (Å²) in [7, 11) is 1.87. The molecular formula is C11H13ClN2O2. The van der Waals surface area contributed by atoms with Crippen molar-refractivity contribution in [1.29, 1.82) is 0 Å². The first-order chi connectivity index (χ1) is 7.65. The third-order valence-corrected chi connectivity index (χ3v) is 2.59. The molecule has 86 valence electrons. The zero-order valence-corrected chi connectivity index (χ0v) is 9.68. The van der Waals surface area contributed by atoms with Gasteiger partial charge in [-0.3, -0.25) is 4.68 Å². The van der Waals surface area contributed by atoms with Gasteiger partial charge in [0.25, 0.3) is 0 Å². The average Bonchev–Trinajstić information content (AvgIpc) is 2.84. The Morgan fingerprint density at radius 1 is 1.56 bits per heavy atom. The fraction of sp³-hybridized carbons (Fsp3) is 0.364. The summed E-state index contributed by atoms with van der Waals surface area (Å²) < 4.78 is 6.88. The van der Waals surface area contributed by atoms with Crippen LogP contribution in [0.25, 0.3) is 0 Å². The molecule has 0 fully saturated rings. The van der Waals surface area contributed by atoms with Crippen molar-refractivity contribution in [3.63, 3.8) is 0 Å². The molecule has 0 aliphatic heterocycles. The van der Waals surface area contributed by atoms with Gasteiger partial charge in [-0.25, -0.2) is 0 Å². The van der Waals surface area contributed by atoms with E-state index in [1.807, 2.05) is 13.2 Å². The van der Waals surface area contributed by atoms with Gasteiger partial charge in [-0.15, -0.1) is 0 Å². The fourth-order valence-corrected chi connectivity index (χ4v) is 1.71. The zero-order chi connectivity index (χ0) is 11.5. The lowest BCUT2D eigenvalue weighted by Crippen LogP contribution is -1.97. The number of aliphatic hydroxyl groups is 1. The third-order valence-electron chi connectivity index (χ3n) is 2.39. The Hall–Kier alpha value is -1.26. The summed E-state index contributed by atoms with van der Waals surface area (Å²) in [5.74, 6) is 0.508. The number of aryl methyl sites for hydroxylation is 2. The van der Waals surface area contributed by atoms with E-state index in [0.29, 0.717) is 17.4 Å². The molecule has 1 N–H and O–H groups in total. The summed E-state index contributed by atoms with van der Waals surface area (Å²) in [5.41, 5.74) is 1.10. The predicted molar refractivity (Wildman–Crippen MR) is 60.2 cm³/mol. The van der Waals surface area contributed by atoms with Gasteiger partial charge in [0.15, 0.2) is 5.22 Å². The number of rotatable bonds is 4. The van der Waals surface area contributed by atoms with Gasteiger partial charge in [-0.1, -0.05) is 0 Å². The molecule has 1 unspecified atom stereocenters. The van der Waals surface area contributed by atoms with Crippen molar-refractivity contribution in [1.82, 2.24) is 9.78 Å². The zero-order valence-electron chi connectivity index (χ0n) is 8.93. The first-order valence-electron chi connectivity index (χ1n) is 5.06. The van der Waals surface area contributed by atoms with Crippen LogP contribution in [0.3, 0.4) is 0 Å². The molecule has 2 aromatic heterocycles. The van der Waals surface area contributed by atoms with E-state index in [9.17, 15) is 5.11 Å². The van der Waals surface area contributed by atoms with E-state index in [2.05, 4.69) is 5.10 Å². The topological polar surface area (TPSA) is 51.2 Å². The van der Waals surface area contributed by atoms with Crippen molar-refractivity contribution < 1.29 is 9.52 Å². The molecule has 0 radical (unpaired) electrons. The molecule has 0 aliphatic rings. The van der Waals surface area contributed by atoms with Gasteiger partial charge in [0.05, 0.1) is 6.20 Å². The Morgan fingerprint density at radius 3 is 2.94 bits per heavy atom. The van der Waals surface area contributed by atoms with Gasteiger partial charge < -0.3 is 9.52 Å². The standard InChI is InChI=1S/C11H13ClN2O2/c1-14-7-8(6-13-14)2-3-9(15)10-4-5-11(12)16-10/h4-7,9,15H,2-3H2,1H3. The second-order valence-corrected chi connectivity index (χ2v) is 4.09. The highest BCUT2D eigenvalue weighted by atomic mass is 35.5. The Morgan fingerprint density at radius 2 is 2.38 bits per heavy atom. The van der Waals surface area contributed by atoms with Crippen LogP contribution in [0.4, 0.5) is 0 Å². The number of furan rings is 1. The summed E-state index contributed by atoms with van der Waals surface area (Å²) in [4.78, 5) is 0. The molecule has 0 spiro atoms. The highest BCUT2D eigenvalue weighted by molar-refractivity contribution is 6.28. The third kappa shape index (κ3) is 2.65. The van der Waals surface area contributed by atoms with E-state index in [0.717, 1.165) is 12.0 Å². The van der Waals surface area contributed by atoms with Crippen molar-refractivity contribution in [3.05, 3.63) is 41.1 Å². The molecular weight excluding hydrogens is 228 g/mol. The van der Waals surface area contributed by atoms with E-state index in [4.69, 9.17) is 16.0 Å². The fourth-order valence-electron chi connectivity index (χ4n) is 1.55. The van der Waals surface area contributed by atoms with Crippen molar-refractivity contribution >= 4 is 11.6 Å². The quantitative estimate of drug-likeness (QED) is 0.893. The highest BCUT2D eigenvalue weighted by Gasteiger charge is 2.12. The Kier molecular flexibility index (Phi) is 3.31. The second-order valence-electron chi connectivity index (χ2n) is 3.72. The van der Waals surface area contributed by atoms with Gasteiger partial charge in [0.1, 0.15) is 11.9 Å². The van der Waals surface area contributed by atoms with Crippen LogP contribution in [0, 0.1) is 0 Å². The number of halogens is 1. The number of hydrogen-bond donors (Lipinski definition) is 1. The number of nitrogens with zero attached hydrogens (tertiary/aromatic N) is 2. The first-order valence-corrected chi connectivity index (χ1v) is 5.44. The van der Waals surface area contributed by atoms with Crippen LogP contribution in [0.5, 0.6) is 0 Å². The molecule has 0 aliphatic carbocycles. The summed E-state index contributed by atoms with van der Waals surface area (Å²) >= 11 is 5.63. The Balaban J connectivity index is 1.91. The highest BCUT2D eigenvalue weighted by Crippen LogP contribution is 2.23. The van der Waals surface area contributed by atoms with E-state index >= 15 is 0 Å². The van der Waals surface area contributed by atoms with E-state index in [1.54, 1.807) is 23.0 Å². The van der Waals surface area contributed by atoms with Crippen LogP contribution in [0.1, 0.15) is 23.8 Å². The van der Waals surface area contributed by atoms with Crippen LogP contribution in [-0.4, -0.2) is 14.9 Å². The maximum absolute atomic E-state index is 9.82. The lowest BCUT2D eigenvalue weighted by atomic mass is 10.1. The molecule has 1 atom stereocenters. The Labute approximate surface area is 98.4 Å². The predicted octanol–water partition coefficient (Wildman–Crippen LogP) is 2.33. The molecule has 0 aromatic carbocycles. The molecule has 0 bridgehead atoms. The van der Waals surface area contributed by atoms with Crippen LogP contribution >= 0.6 is 11.6 Å². The average molecular weight is 241 g/mol. The molecule has 2 rings (SSSR count). The SMILES string of the molecule is Cn1cc(CCC(O)c2ccc(Cl)o2)cn1. The largest absolute Gasteiger partial charge is 0.447 e. The number of aliphatic hydroxyl groups excluding tert-OH is 1. The van der Waals surface area contributed by atoms with Gasteiger partial charge in [-0.05, 0) is 42.1 Å². The molecule has 0 saturated carbocycles. The van der Waals surface area contributed by atoms with Crippen LogP contribution in [0.2, 0.25) is 5.22 Å². The van der Waals surface area contributed by atoms with Crippen LogP contribution < -0.4 is 0 Å². The van der Waals surface area contributed by atoms with Crippen molar-refractivity contribution in [2.45, 2.75) is 18.9 Å². The van der Waals surface area contributed by atoms with Crippen molar-refractivity contribution in [2.24, 2.45) is 7.05 Å². The number of hydrogen-bond acceptors (Lipinski definition) is 3. The minimum atomic E-state index is -0.618. The maximum atomic E-state index is 9.82. The molecule has 5 heteroatoms. The minimum Gasteiger partial charge on any atom is -0.447 e. The monoisotopic (exact) mass is 240 g/mol. The van der Waals surface area contributed by atoms with Crippen LogP contribution in [-0.2, 0) is 13.5 Å². The maximum Gasteiger partial charge on any atom is 0.193 e. The van der Waals surface area contributed by atoms with Gasteiger partial charge in [-0.2, -0.15) is 5.10 Å². The lowest BCUT2D eigenvalue weighted by Gasteiger charge is -2.05. The van der Waals surface area contributed by atoms with Gasteiger partial charge >= 0.3 is 0 Å². The summed E-state index contributed by atoms with van der Waals surface area (Å²) in [6.07, 6.45) is 4.46. The number of aromatic nitrogens is 2. The van der Waals surface area contributed by atoms with E-state index < -0.39 is 6.10 Å². The van der Waals surface area contributed by atoms with Gasteiger partial charge in [0.2, 0.25) is 0 Å². The normalized spacial score (nSPS) is 12.9. The molecule has 2 heterocycles. The van der Waals surface area contributed by atoms with Crippen LogP contribution in [0.15, 0.2) is 28.9 Å². The summed E-state index contributed by atoms with van der Waals surface area (Å²) in [6, 6.07) is 3.32. The molecule has 16 heavy (non-hydrogen) atoms. The van der Waals surface area contributed by atoms with Gasteiger partial charge in [0, 0.05) is 13.2 Å². The summed E-state index contributed by atoms with van der Waals surface area (Å²) in [5, 5.41) is 14.2. The second kappa shape index (κ2) is 4.72. The lowest BCUT2D eigenvalue weighted by molar-refractivity contribution is 0.140. The first kappa shape index (κ1) is 11.2. The van der Waals surface area contributed by atoms with Crippen molar-refractivity contribution in [3.8, 4) is 0 Å². The summed E-state index contributed by atoms with van der Waals surface area (Å²) in [6.45, 7) is 0. The Bertz CT molecular complexity index is 464. The molecule has 0 amide bonds. The molecule has 0 saturated heterocycles. The minimum absolute atomic E-state index is 0.301.